The minimum atomic E-state index is -1.17. The topological polar surface area (TPSA) is 96.2 Å². The first-order valence-corrected chi connectivity index (χ1v) is 10.8. The van der Waals surface area contributed by atoms with Crippen LogP contribution in [0.15, 0.2) is 48.9 Å². The molecular formula is C25H25F2N3O3. The summed E-state index contributed by atoms with van der Waals surface area (Å²) in [6, 6.07) is 6.69. The predicted molar refractivity (Wildman–Crippen MR) is 117 cm³/mol. The number of carbonyl (C=O) groups is 1. The van der Waals surface area contributed by atoms with Crippen LogP contribution < -0.4 is 0 Å². The number of aliphatic hydroxyl groups is 2. The van der Waals surface area contributed by atoms with Gasteiger partial charge in [0.15, 0.2) is 11.6 Å². The van der Waals surface area contributed by atoms with Gasteiger partial charge < -0.3 is 10.2 Å². The summed E-state index contributed by atoms with van der Waals surface area (Å²) < 4.78 is 28.3. The van der Waals surface area contributed by atoms with Crippen molar-refractivity contribution in [1.82, 2.24) is 15.0 Å². The molecule has 0 radical (unpaired) electrons. The lowest BCUT2D eigenvalue weighted by molar-refractivity contribution is -0.123. The number of nitrogens with zero attached hydrogens (tertiary/aromatic N) is 3. The van der Waals surface area contributed by atoms with Crippen LogP contribution in [0.25, 0.3) is 11.4 Å². The number of hydrogen-bond acceptors (Lipinski definition) is 6. The predicted octanol–water partition coefficient (Wildman–Crippen LogP) is 3.87. The van der Waals surface area contributed by atoms with Crippen molar-refractivity contribution < 1.29 is 23.8 Å². The Hall–Kier alpha value is -3.10. The number of aliphatic hydroxyl groups excluding tert-OH is 1. The minimum absolute atomic E-state index is 0.0171. The second kappa shape index (κ2) is 9.03. The Balaban J connectivity index is 1.60. The maximum Gasteiger partial charge on any atom is 0.185 e. The Morgan fingerprint density at radius 2 is 1.88 bits per heavy atom. The van der Waals surface area contributed by atoms with Gasteiger partial charge in [-0.2, -0.15) is 0 Å². The Morgan fingerprint density at radius 3 is 2.58 bits per heavy atom. The molecule has 4 atom stereocenters. The number of halogens is 2. The van der Waals surface area contributed by atoms with Crippen molar-refractivity contribution in [3.8, 4) is 11.4 Å². The van der Waals surface area contributed by atoms with Gasteiger partial charge in [0.05, 0.1) is 17.3 Å². The largest absolute Gasteiger partial charge is 0.390 e. The molecule has 1 aromatic carbocycles. The lowest BCUT2D eigenvalue weighted by atomic mass is 9.68. The normalized spacial score (nSPS) is 25.1. The first kappa shape index (κ1) is 23.1. The molecule has 2 aromatic heterocycles. The molecule has 33 heavy (non-hydrogen) atoms. The summed E-state index contributed by atoms with van der Waals surface area (Å²) in [5.74, 6) is -2.35. The van der Waals surface area contributed by atoms with Crippen molar-refractivity contribution in [3.63, 3.8) is 0 Å². The van der Waals surface area contributed by atoms with E-state index in [2.05, 4.69) is 15.0 Å². The third kappa shape index (κ3) is 4.54. The first-order chi connectivity index (χ1) is 15.7. The SMILES string of the molecule is C[C@H]1C[C@@H](c2ccncc2CC(=O)c2ccnc(-c3c(F)cccc3F)n2)C[C@@H](O)[C@]1(C)O. The fourth-order valence-electron chi connectivity index (χ4n) is 4.45. The van der Waals surface area contributed by atoms with Gasteiger partial charge in [0.1, 0.15) is 17.3 Å². The first-order valence-electron chi connectivity index (χ1n) is 10.8. The van der Waals surface area contributed by atoms with Gasteiger partial charge in [-0.1, -0.05) is 13.0 Å². The highest BCUT2D eigenvalue weighted by atomic mass is 19.1. The van der Waals surface area contributed by atoms with Gasteiger partial charge in [-0.15, -0.1) is 0 Å². The Bertz CT molecular complexity index is 1150. The lowest BCUT2D eigenvalue weighted by Crippen LogP contribution is -2.49. The van der Waals surface area contributed by atoms with Gasteiger partial charge >= 0.3 is 0 Å². The van der Waals surface area contributed by atoms with Crippen molar-refractivity contribution in [2.24, 2.45) is 5.92 Å². The van der Waals surface area contributed by atoms with Crippen LogP contribution in [0.1, 0.15) is 54.2 Å². The Kier molecular flexibility index (Phi) is 6.32. The molecule has 1 aliphatic rings. The van der Waals surface area contributed by atoms with Crippen LogP contribution in [0.2, 0.25) is 0 Å². The third-order valence-corrected chi connectivity index (χ3v) is 6.68. The van der Waals surface area contributed by atoms with Crippen LogP contribution in [0.3, 0.4) is 0 Å². The van der Waals surface area contributed by atoms with E-state index in [1.165, 1.54) is 18.3 Å². The van der Waals surface area contributed by atoms with Gasteiger partial charge in [0.25, 0.3) is 0 Å². The Morgan fingerprint density at radius 1 is 1.15 bits per heavy atom. The van der Waals surface area contributed by atoms with E-state index in [-0.39, 0.29) is 41.1 Å². The van der Waals surface area contributed by atoms with Crippen LogP contribution in [0.5, 0.6) is 0 Å². The highest BCUT2D eigenvalue weighted by molar-refractivity contribution is 5.96. The molecule has 0 spiro atoms. The molecule has 8 heteroatoms. The maximum atomic E-state index is 14.1. The van der Waals surface area contributed by atoms with E-state index in [0.29, 0.717) is 18.4 Å². The fraction of sp³-hybridized carbons (Fsp3) is 0.360. The van der Waals surface area contributed by atoms with E-state index in [0.717, 1.165) is 17.7 Å². The van der Waals surface area contributed by atoms with Crippen LogP contribution in [0, 0.1) is 17.6 Å². The average molecular weight is 453 g/mol. The third-order valence-electron chi connectivity index (χ3n) is 6.68. The maximum absolute atomic E-state index is 14.1. The van der Waals surface area contributed by atoms with Gasteiger partial charge in [0.2, 0.25) is 0 Å². The lowest BCUT2D eigenvalue weighted by Gasteiger charge is -2.43. The molecule has 0 saturated heterocycles. The van der Waals surface area contributed by atoms with Crippen molar-refractivity contribution in [3.05, 3.63) is 77.4 Å². The van der Waals surface area contributed by atoms with Crippen LogP contribution in [0.4, 0.5) is 8.78 Å². The minimum Gasteiger partial charge on any atom is -0.390 e. The summed E-state index contributed by atoms with van der Waals surface area (Å²) in [6.07, 6.45) is 4.66. The summed E-state index contributed by atoms with van der Waals surface area (Å²) in [4.78, 5) is 25.2. The standard InChI is InChI=1S/C25H25F2N3O3/c1-14-10-15(12-22(32)25(14,2)33)17-6-8-28-13-16(17)11-21(31)20-7-9-29-24(30-20)23-18(26)4-3-5-19(23)27/h3-9,13-15,22,32-33H,10-12H2,1-2H3/t14-,15+,22+,25+/m0/s1. The zero-order valence-corrected chi connectivity index (χ0v) is 18.4. The molecule has 2 heterocycles. The zero-order valence-electron chi connectivity index (χ0n) is 18.4. The molecule has 4 rings (SSSR count). The smallest absolute Gasteiger partial charge is 0.185 e. The molecule has 0 bridgehead atoms. The van der Waals surface area contributed by atoms with E-state index in [1.54, 1.807) is 19.3 Å². The van der Waals surface area contributed by atoms with Crippen LogP contribution >= 0.6 is 0 Å². The van der Waals surface area contributed by atoms with E-state index in [1.807, 2.05) is 13.0 Å². The number of pyridine rings is 1. The number of hydrogen-bond donors (Lipinski definition) is 2. The second-order valence-electron chi connectivity index (χ2n) is 8.85. The van der Waals surface area contributed by atoms with Crippen molar-refractivity contribution in [2.75, 3.05) is 0 Å². The van der Waals surface area contributed by atoms with Crippen LogP contribution in [-0.4, -0.2) is 42.7 Å². The highest BCUT2D eigenvalue weighted by Crippen LogP contribution is 2.42. The second-order valence-corrected chi connectivity index (χ2v) is 8.85. The van der Waals surface area contributed by atoms with Gasteiger partial charge in [-0.05, 0) is 67.0 Å². The summed E-state index contributed by atoms with van der Waals surface area (Å²) in [5, 5.41) is 21.0. The van der Waals surface area contributed by atoms with E-state index in [9.17, 15) is 23.8 Å². The molecule has 0 unspecified atom stereocenters. The Labute approximate surface area is 190 Å². The van der Waals surface area contributed by atoms with E-state index < -0.39 is 23.3 Å². The van der Waals surface area contributed by atoms with E-state index in [4.69, 9.17) is 0 Å². The molecular weight excluding hydrogens is 428 g/mol. The van der Waals surface area contributed by atoms with Crippen molar-refractivity contribution >= 4 is 5.78 Å². The summed E-state index contributed by atoms with van der Waals surface area (Å²) in [6.45, 7) is 3.53. The molecule has 1 aliphatic carbocycles. The van der Waals surface area contributed by atoms with Crippen molar-refractivity contribution in [1.29, 1.82) is 0 Å². The number of carbonyl (C=O) groups excluding carboxylic acids is 1. The average Bonchev–Trinajstić information content (AvgIpc) is 2.78. The van der Waals surface area contributed by atoms with Crippen molar-refractivity contribution in [2.45, 2.75) is 50.7 Å². The van der Waals surface area contributed by atoms with Gasteiger partial charge in [-0.3, -0.25) is 9.78 Å². The molecule has 0 amide bonds. The van der Waals surface area contributed by atoms with Gasteiger partial charge in [0, 0.05) is 25.0 Å². The molecule has 0 aliphatic heterocycles. The number of rotatable bonds is 5. The monoisotopic (exact) mass is 453 g/mol. The number of benzene rings is 1. The number of Topliss-reactive ketones (excluding diaryl/α,β-unsaturated/α-hetero) is 1. The zero-order chi connectivity index (χ0) is 23.8. The fourth-order valence-corrected chi connectivity index (χ4v) is 4.45. The van der Waals surface area contributed by atoms with Gasteiger partial charge in [-0.25, -0.2) is 18.7 Å². The summed E-state index contributed by atoms with van der Waals surface area (Å²) in [5.41, 5.74) is 0.0579. The molecule has 2 N–H and O–H groups in total. The highest BCUT2D eigenvalue weighted by Gasteiger charge is 2.43. The van der Waals surface area contributed by atoms with Crippen LogP contribution in [-0.2, 0) is 6.42 Å². The number of ketones is 1. The summed E-state index contributed by atoms with van der Waals surface area (Å²) in [7, 11) is 0. The molecule has 6 nitrogen and oxygen atoms in total. The molecule has 1 fully saturated rings. The molecule has 172 valence electrons. The molecule has 3 aromatic rings. The van der Waals surface area contributed by atoms with E-state index >= 15 is 0 Å². The quantitative estimate of drug-likeness (QED) is 0.570. The molecule has 1 saturated carbocycles. The number of aromatic nitrogens is 3. The summed E-state index contributed by atoms with van der Waals surface area (Å²) >= 11 is 0.